The highest BCUT2D eigenvalue weighted by molar-refractivity contribution is 6.53. The predicted octanol–water partition coefficient (Wildman–Crippen LogP) is 1.88. The molecule has 0 radical (unpaired) electrons. The van der Waals surface area contributed by atoms with Crippen molar-refractivity contribution in [2.75, 3.05) is 5.32 Å². The van der Waals surface area contributed by atoms with Crippen LogP contribution in [-0.2, 0) is 4.65 Å². The molecule has 2 rings (SSSR count). The van der Waals surface area contributed by atoms with Crippen molar-refractivity contribution in [3.05, 3.63) is 41.3 Å². The topological polar surface area (TPSA) is 65.3 Å². The third-order valence-electron chi connectivity index (χ3n) is 2.59. The van der Waals surface area contributed by atoms with E-state index in [4.69, 9.17) is 10.1 Å². The number of anilines is 1. The lowest BCUT2D eigenvalue weighted by Crippen LogP contribution is -2.24. The van der Waals surface area contributed by atoms with Gasteiger partial charge in [-0.25, -0.2) is 4.39 Å². The Morgan fingerprint density at radius 3 is 3.06 bits per heavy atom. The Labute approximate surface area is 98.8 Å². The maximum atomic E-state index is 13.1. The molecule has 0 bridgehead atoms. The molecular weight excluding hydrogens is 222 g/mol. The van der Waals surface area contributed by atoms with E-state index in [0.29, 0.717) is 16.8 Å². The average molecular weight is 234 g/mol. The third-order valence-corrected chi connectivity index (χ3v) is 2.59. The maximum absolute atomic E-state index is 13.1. The van der Waals surface area contributed by atoms with Crippen LogP contribution in [0.25, 0.3) is 0 Å². The summed E-state index contributed by atoms with van der Waals surface area (Å²) in [6.07, 6.45) is 2.02. The number of nitrogens with one attached hydrogen (secondary N) is 2. The van der Waals surface area contributed by atoms with Crippen molar-refractivity contribution in [2.24, 2.45) is 0 Å². The molecule has 1 aliphatic rings. The van der Waals surface area contributed by atoms with E-state index in [9.17, 15) is 9.41 Å². The molecule has 6 heteroatoms. The lowest BCUT2D eigenvalue weighted by Gasteiger charge is -2.13. The number of benzene rings is 1. The first-order valence-corrected chi connectivity index (χ1v) is 5.22. The summed E-state index contributed by atoms with van der Waals surface area (Å²) in [6.45, 7) is 1.73. The number of allylic oxidation sites excluding steroid dienone is 1. The van der Waals surface area contributed by atoms with E-state index in [-0.39, 0.29) is 5.82 Å². The molecule has 0 aromatic heterocycles. The summed E-state index contributed by atoms with van der Waals surface area (Å²) in [5.41, 5.74) is 1.66. The van der Waals surface area contributed by atoms with E-state index < -0.39 is 13.2 Å². The molecule has 1 atom stereocenters. The molecule has 0 saturated heterocycles. The molecule has 88 valence electrons. The summed E-state index contributed by atoms with van der Waals surface area (Å²) in [5, 5.41) is 19.7. The van der Waals surface area contributed by atoms with Crippen molar-refractivity contribution in [1.29, 1.82) is 5.41 Å². The molecule has 0 fully saturated rings. The van der Waals surface area contributed by atoms with Gasteiger partial charge in [-0.05, 0) is 31.2 Å². The van der Waals surface area contributed by atoms with Gasteiger partial charge in [0.1, 0.15) is 5.82 Å². The Morgan fingerprint density at radius 1 is 1.59 bits per heavy atom. The number of hydrogen-bond acceptors (Lipinski definition) is 4. The Bertz CT molecular complexity index is 479. The summed E-state index contributed by atoms with van der Waals surface area (Å²) in [7, 11) is -1.15. The van der Waals surface area contributed by atoms with Crippen LogP contribution in [-0.4, -0.2) is 18.4 Å². The zero-order chi connectivity index (χ0) is 12.4. The fraction of sp³-hybridized carbons (Fsp3) is 0.182. The van der Waals surface area contributed by atoms with Gasteiger partial charge >= 0.3 is 7.12 Å². The highest BCUT2D eigenvalue weighted by atomic mass is 19.1. The quantitative estimate of drug-likeness (QED) is 0.513. The number of rotatable bonds is 1. The predicted molar refractivity (Wildman–Crippen MR) is 64.4 cm³/mol. The van der Waals surface area contributed by atoms with Crippen LogP contribution in [0.5, 0.6) is 0 Å². The molecule has 0 unspecified atom stereocenters. The maximum Gasteiger partial charge on any atom is 0.508 e. The molecular formula is C11H12BFN2O2. The fourth-order valence-electron chi connectivity index (χ4n) is 1.75. The third kappa shape index (κ3) is 2.37. The van der Waals surface area contributed by atoms with Gasteiger partial charge in [0.25, 0.3) is 0 Å². The van der Waals surface area contributed by atoms with E-state index in [1.54, 1.807) is 13.0 Å². The molecule has 3 N–H and O–H groups in total. The van der Waals surface area contributed by atoms with Gasteiger partial charge in [0.15, 0.2) is 0 Å². The monoisotopic (exact) mass is 234 g/mol. The average Bonchev–Trinajstić information content (AvgIpc) is 2.39. The van der Waals surface area contributed by atoms with E-state index in [1.165, 1.54) is 18.2 Å². The van der Waals surface area contributed by atoms with Gasteiger partial charge in [-0.1, -0.05) is 0 Å². The van der Waals surface area contributed by atoms with Crippen LogP contribution >= 0.6 is 0 Å². The molecule has 1 heterocycles. The van der Waals surface area contributed by atoms with Crippen LogP contribution in [0.15, 0.2) is 29.9 Å². The highest BCUT2D eigenvalue weighted by Gasteiger charge is 2.28. The van der Waals surface area contributed by atoms with Crippen molar-refractivity contribution >= 4 is 19.0 Å². The van der Waals surface area contributed by atoms with Gasteiger partial charge in [-0.15, -0.1) is 0 Å². The largest absolute Gasteiger partial charge is 0.508 e. The van der Waals surface area contributed by atoms with Crippen LogP contribution in [0.4, 0.5) is 10.1 Å². The van der Waals surface area contributed by atoms with Crippen molar-refractivity contribution < 1.29 is 14.1 Å². The lowest BCUT2D eigenvalue weighted by atomic mass is 9.84. The normalized spacial score (nSPS) is 21.7. The molecule has 1 aromatic carbocycles. The van der Waals surface area contributed by atoms with Crippen LogP contribution in [0.2, 0.25) is 0 Å². The first kappa shape index (κ1) is 11.8. The summed E-state index contributed by atoms with van der Waals surface area (Å²) in [5.74, 6) is -0.352. The van der Waals surface area contributed by atoms with Gasteiger partial charge in [0, 0.05) is 23.1 Å². The summed E-state index contributed by atoms with van der Waals surface area (Å²) in [6, 6.07) is 4.28. The summed E-state index contributed by atoms with van der Waals surface area (Å²) < 4.78 is 18.5. The zero-order valence-corrected chi connectivity index (χ0v) is 9.27. The van der Waals surface area contributed by atoms with Gasteiger partial charge in [-0.3, -0.25) is 0 Å². The minimum Gasteiger partial charge on any atom is -0.422 e. The molecule has 4 nitrogen and oxygen atoms in total. The standard InChI is InChI=1S/C11H12BFN2O2/c1-7-9-6-8(13)2-3-10(9)15-11(4-5-14)12(16)17-7/h2-7,14-16H,1H3/b11-4-,14-5?/t7-/m1/s1. The van der Waals surface area contributed by atoms with Crippen molar-refractivity contribution in [2.45, 2.75) is 13.0 Å². The van der Waals surface area contributed by atoms with Crippen LogP contribution < -0.4 is 5.32 Å². The van der Waals surface area contributed by atoms with Crippen molar-refractivity contribution in [3.63, 3.8) is 0 Å². The molecule has 1 aromatic rings. The molecule has 1 aliphatic heterocycles. The van der Waals surface area contributed by atoms with Gasteiger partial charge in [0.05, 0.1) is 6.10 Å². The van der Waals surface area contributed by atoms with Crippen molar-refractivity contribution in [3.8, 4) is 0 Å². The van der Waals surface area contributed by atoms with E-state index in [1.807, 2.05) is 0 Å². The Hall–Kier alpha value is -1.66. The second kappa shape index (κ2) is 4.69. The number of hydrogen-bond donors (Lipinski definition) is 3. The molecule has 0 saturated carbocycles. The Kier molecular flexibility index (Phi) is 3.26. The lowest BCUT2D eigenvalue weighted by molar-refractivity contribution is 0.192. The minimum absolute atomic E-state index is 0.352. The SMILES string of the molecule is C[C@H]1OB(O)/C(=C/C=N)Nc2ccc(F)cc21. The van der Waals surface area contributed by atoms with E-state index >= 15 is 0 Å². The first-order valence-electron chi connectivity index (χ1n) is 5.22. The zero-order valence-electron chi connectivity index (χ0n) is 9.27. The van der Waals surface area contributed by atoms with Crippen LogP contribution in [0.3, 0.4) is 0 Å². The second-order valence-electron chi connectivity index (χ2n) is 3.78. The van der Waals surface area contributed by atoms with E-state index in [0.717, 1.165) is 6.21 Å². The first-order chi connectivity index (χ1) is 8.11. The van der Waals surface area contributed by atoms with Gasteiger partial charge in [-0.2, -0.15) is 0 Å². The summed E-state index contributed by atoms with van der Waals surface area (Å²) in [4.78, 5) is 0. The van der Waals surface area contributed by atoms with Crippen LogP contribution in [0, 0.1) is 11.2 Å². The van der Waals surface area contributed by atoms with Gasteiger partial charge in [0.2, 0.25) is 0 Å². The second-order valence-corrected chi connectivity index (χ2v) is 3.78. The van der Waals surface area contributed by atoms with Crippen LogP contribution in [0.1, 0.15) is 18.6 Å². The molecule has 17 heavy (non-hydrogen) atoms. The molecule has 0 spiro atoms. The molecule has 0 amide bonds. The van der Waals surface area contributed by atoms with Crippen molar-refractivity contribution in [1.82, 2.24) is 0 Å². The minimum atomic E-state index is -1.15. The Morgan fingerprint density at radius 2 is 2.35 bits per heavy atom. The number of fused-ring (bicyclic) bond motifs is 1. The smallest absolute Gasteiger partial charge is 0.422 e. The number of halogens is 1. The van der Waals surface area contributed by atoms with Gasteiger partial charge < -0.3 is 20.4 Å². The Balaban J connectivity index is 2.46. The summed E-state index contributed by atoms with van der Waals surface area (Å²) >= 11 is 0. The van der Waals surface area contributed by atoms with E-state index in [2.05, 4.69) is 5.32 Å². The fourth-order valence-corrected chi connectivity index (χ4v) is 1.75. The molecule has 0 aliphatic carbocycles. The highest BCUT2D eigenvalue weighted by Crippen LogP contribution is 2.31.